The molecule has 0 saturated carbocycles. The number of rotatable bonds is 6. The first-order valence-corrected chi connectivity index (χ1v) is 10.7. The van der Waals surface area contributed by atoms with Crippen LogP contribution in [-0.2, 0) is 22.9 Å². The second-order valence-corrected chi connectivity index (χ2v) is 8.63. The number of nitrogens with zero attached hydrogens (tertiary/aromatic N) is 3. The first-order chi connectivity index (χ1) is 12.6. The Kier molecular flexibility index (Phi) is 5.92. The van der Waals surface area contributed by atoms with E-state index in [1.54, 1.807) is 6.20 Å². The zero-order valence-corrected chi connectivity index (χ0v) is 15.7. The fraction of sp³-hybridized carbons (Fsp3) is 0.444. The van der Waals surface area contributed by atoms with E-state index in [-0.39, 0.29) is 17.5 Å². The van der Waals surface area contributed by atoms with Gasteiger partial charge in [-0.1, -0.05) is 30.3 Å². The van der Waals surface area contributed by atoms with E-state index in [2.05, 4.69) is 37.3 Å². The van der Waals surface area contributed by atoms with E-state index in [0.717, 1.165) is 12.4 Å². The maximum Gasteiger partial charge on any atom is 0.191 e. The minimum atomic E-state index is -2.92. The highest BCUT2D eigenvalue weighted by Gasteiger charge is 2.28. The molecule has 1 aromatic carbocycles. The summed E-state index contributed by atoms with van der Waals surface area (Å²) in [6.07, 6.45) is 4.34. The van der Waals surface area contributed by atoms with Crippen LogP contribution in [0.2, 0.25) is 0 Å². The number of aromatic nitrogens is 2. The third-order valence-electron chi connectivity index (χ3n) is 4.29. The lowest BCUT2D eigenvalue weighted by Gasteiger charge is -2.16. The fourth-order valence-corrected chi connectivity index (χ4v) is 4.66. The molecule has 1 atom stereocenters. The van der Waals surface area contributed by atoms with Gasteiger partial charge < -0.3 is 15.2 Å². The van der Waals surface area contributed by atoms with Gasteiger partial charge in [-0.25, -0.2) is 18.4 Å². The summed E-state index contributed by atoms with van der Waals surface area (Å²) in [5.41, 5.74) is 1.21. The summed E-state index contributed by atoms with van der Waals surface area (Å²) in [6, 6.07) is 10.1. The summed E-state index contributed by atoms with van der Waals surface area (Å²) in [6.45, 7) is 3.87. The van der Waals surface area contributed by atoms with Crippen LogP contribution in [-0.4, -0.2) is 48.0 Å². The van der Waals surface area contributed by atoms with Crippen LogP contribution in [0.3, 0.4) is 0 Å². The van der Waals surface area contributed by atoms with Crippen LogP contribution in [0.15, 0.2) is 47.7 Å². The molecule has 1 unspecified atom stereocenters. The minimum absolute atomic E-state index is 0.0816. The van der Waals surface area contributed by atoms with Crippen molar-refractivity contribution in [2.24, 2.45) is 4.99 Å². The largest absolute Gasteiger partial charge is 0.357 e. The third-order valence-corrected chi connectivity index (χ3v) is 6.06. The van der Waals surface area contributed by atoms with E-state index in [4.69, 9.17) is 0 Å². The molecule has 0 bridgehead atoms. The molecule has 7 nitrogen and oxygen atoms in total. The molecule has 1 aromatic heterocycles. The van der Waals surface area contributed by atoms with Gasteiger partial charge in [0.05, 0.1) is 11.5 Å². The second kappa shape index (κ2) is 8.35. The van der Waals surface area contributed by atoms with E-state index in [0.29, 0.717) is 25.5 Å². The number of hydrogen-bond acceptors (Lipinski definition) is 4. The summed E-state index contributed by atoms with van der Waals surface area (Å²) < 4.78 is 25.3. The molecule has 2 N–H and O–H groups in total. The molecule has 1 aliphatic rings. The highest BCUT2D eigenvalue weighted by molar-refractivity contribution is 7.91. The summed E-state index contributed by atoms with van der Waals surface area (Å²) in [5.74, 6) is 1.90. The second-order valence-electron chi connectivity index (χ2n) is 6.40. The molecule has 0 amide bonds. The van der Waals surface area contributed by atoms with Gasteiger partial charge >= 0.3 is 0 Å². The normalized spacial score (nSPS) is 19.4. The molecule has 0 aliphatic carbocycles. The lowest BCUT2D eigenvalue weighted by atomic mass is 10.2. The molecule has 2 aromatic rings. The summed E-state index contributed by atoms with van der Waals surface area (Å²) in [4.78, 5) is 8.99. The molecule has 1 aliphatic heterocycles. The number of nitrogens with one attached hydrogen (secondary N) is 2. The fourth-order valence-electron chi connectivity index (χ4n) is 2.99. The maximum atomic E-state index is 11.6. The number of guanidine groups is 1. The quantitative estimate of drug-likeness (QED) is 0.585. The number of sulfone groups is 1. The molecule has 0 radical (unpaired) electrons. The molecule has 2 heterocycles. The van der Waals surface area contributed by atoms with E-state index in [1.165, 1.54) is 5.56 Å². The number of hydrogen-bond donors (Lipinski definition) is 2. The molecule has 3 rings (SSSR count). The van der Waals surface area contributed by atoms with E-state index in [9.17, 15) is 8.42 Å². The SMILES string of the molecule is CCNC(=NCc1nccn1Cc1ccccc1)NC1CCS(=O)(=O)C1. The number of aliphatic imine (C=N–C) groups is 1. The minimum Gasteiger partial charge on any atom is -0.357 e. The van der Waals surface area contributed by atoms with Crippen LogP contribution >= 0.6 is 0 Å². The van der Waals surface area contributed by atoms with Crippen LogP contribution in [0.25, 0.3) is 0 Å². The van der Waals surface area contributed by atoms with Crippen molar-refractivity contribution in [3.05, 3.63) is 54.1 Å². The van der Waals surface area contributed by atoms with Crippen LogP contribution in [0.1, 0.15) is 24.7 Å². The van der Waals surface area contributed by atoms with Gasteiger partial charge in [0.2, 0.25) is 0 Å². The van der Waals surface area contributed by atoms with Gasteiger partial charge in [0.1, 0.15) is 12.4 Å². The van der Waals surface area contributed by atoms with Crippen molar-refractivity contribution in [2.75, 3.05) is 18.1 Å². The molecule has 1 saturated heterocycles. The average Bonchev–Trinajstić information content (AvgIpc) is 3.19. The van der Waals surface area contributed by atoms with Gasteiger partial charge in [0.15, 0.2) is 15.8 Å². The Hall–Kier alpha value is -2.35. The molecule has 26 heavy (non-hydrogen) atoms. The average molecular weight is 375 g/mol. The zero-order chi connectivity index (χ0) is 18.4. The zero-order valence-electron chi connectivity index (χ0n) is 14.9. The Morgan fingerprint density at radius 3 is 2.85 bits per heavy atom. The summed E-state index contributed by atoms with van der Waals surface area (Å²) in [7, 11) is -2.92. The molecule has 8 heteroatoms. The van der Waals surface area contributed by atoms with Gasteiger partial charge in [-0.2, -0.15) is 0 Å². The van der Waals surface area contributed by atoms with Crippen molar-refractivity contribution in [1.82, 2.24) is 20.2 Å². The lowest BCUT2D eigenvalue weighted by molar-refractivity contribution is 0.599. The van der Waals surface area contributed by atoms with Gasteiger partial charge in [-0.3, -0.25) is 0 Å². The van der Waals surface area contributed by atoms with E-state index < -0.39 is 9.84 Å². The molecule has 0 spiro atoms. The third kappa shape index (κ3) is 5.08. The maximum absolute atomic E-state index is 11.6. The highest BCUT2D eigenvalue weighted by atomic mass is 32.2. The predicted octanol–water partition coefficient (Wildman–Crippen LogP) is 1.17. The van der Waals surface area contributed by atoms with Crippen LogP contribution in [0.5, 0.6) is 0 Å². The van der Waals surface area contributed by atoms with Crippen molar-refractivity contribution < 1.29 is 8.42 Å². The summed E-state index contributed by atoms with van der Waals surface area (Å²) in [5, 5.41) is 6.40. The van der Waals surface area contributed by atoms with Crippen molar-refractivity contribution in [1.29, 1.82) is 0 Å². The Morgan fingerprint density at radius 2 is 2.15 bits per heavy atom. The van der Waals surface area contributed by atoms with Crippen molar-refractivity contribution in [3.8, 4) is 0 Å². The van der Waals surface area contributed by atoms with Gasteiger partial charge in [0.25, 0.3) is 0 Å². The van der Waals surface area contributed by atoms with Gasteiger partial charge in [-0.05, 0) is 18.9 Å². The number of imidazole rings is 1. The smallest absolute Gasteiger partial charge is 0.191 e. The molecule has 140 valence electrons. The number of benzene rings is 1. The van der Waals surface area contributed by atoms with Crippen LogP contribution in [0.4, 0.5) is 0 Å². The Morgan fingerprint density at radius 1 is 1.35 bits per heavy atom. The Balaban J connectivity index is 1.65. The van der Waals surface area contributed by atoms with Crippen LogP contribution in [0, 0.1) is 0 Å². The molecule has 1 fully saturated rings. The lowest BCUT2D eigenvalue weighted by Crippen LogP contribution is -2.44. The van der Waals surface area contributed by atoms with Gasteiger partial charge in [0, 0.05) is 31.5 Å². The van der Waals surface area contributed by atoms with E-state index >= 15 is 0 Å². The van der Waals surface area contributed by atoms with Crippen molar-refractivity contribution in [2.45, 2.75) is 32.5 Å². The Bertz CT molecular complexity index is 845. The standard InChI is InChI=1S/C18H25N5O2S/c1-2-19-18(22-16-8-11-26(24,25)14-16)21-12-17-20-9-10-23(17)13-15-6-4-3-5-7-15/h3-7,9-10,16H,2,8,11-14H2,1H3,(H2,19,21,22). The molecular weight excluding hydrogens is 350 g/mol. The van der Waals surface area contributed by atoms with Crippen LogP contribution < -0.4 is 10.6 Å². The monoisotopic (exact) mass is 375 g/mol. The Labute approximate surface area is 154 Å². The first kappa shape index (κ1) is 18.4. The van der Waals surface area contributed by atoms with E-state index in [1.807, 2.05) is 31.3 Å². The summed E-state index contributed by atoms with van der Waals surface area (Å²) >= 11 is 0. The topological polar surface area (TPSA) is 88.4 Å². The highest BCUT2D eigenvalue weighted by Crippen LogP contribution is 2.11. The van der Waals surface area contributed by atoms with Gasteiger partial charge in [-0.15, -0.1) is 0 Å². The predicted molar refractivity (Wildman–Crippen MR) is 103 cm³/mol. The first-order valence-electron chi connectivity index (χ1n) is 8.85. The van der Waals surface area contributed by atoms with Crippen molar-refractivity contribution >= 4 is 15.8 Å². The molecular formula is C18H25N5O2S. The van der Waals surface area contributed by atoms with Crippen molar-refractivity contribution in [3.63, 3.8) is 0 Å².